The van der Waals surface area contributed by atoms with Gasteiger partial charge in [-0.05, 0) is 6.42 Å². The van der Waals surface area contributed by atoms with Gasteiger partial charge in [0.1, 0.15) is 22.8 Å². The number of rotatable bonds is 3. The predicted octanol–water partition coefficient (Wildman–Crippen LogP) is 3.32. The Balaban J connectivity index is 2.52. The second-order valence-electron chi connectivity index (χ2n) is 5.15. The molecule has 1 aliphatic carbocycles. The van der Waals surface area contributed by atoms with E-state index in [9.17, 15) is 17.4 Å². The van der Waals surface area contributed by atoms with E-state index in [0.717, 1.165) is 10.8 Å². The van der Waals surface area contributed by atoms with Crippen molar-refractivity contribution in [3.8, 4) is 6.07 Å². The van der Waals surface area contributed by atoms with Gasteiger partial charge in [-0.3, -0.25) is 4.21 Å². The summed E-state index contributed by atoms with van der Waals surface area (Å²) in [5.41, 5.74) is 5.77. The number of nitrogen functional groups attached to an aromatic ring is 1. The van der Waals surface area contributed by atoms with Gasteiger partial charge in [-0.15, -0.1) is 11.6 Å². The Morgan fingerprint density at radius 3 is 2.67 bits per heavy atom. The van der Waals surface area contributed by atoms with Crippen LogP contribution in [0.3, 0.4) is 0 Å². The maximum atomic E-state index is 12.9. The quantitative estimate of drug-likeness (QED) is 0.788. The molecule has 4 atom stereocenters. The van der Waals surface area contributed by atoms with Gasteiger partial charge in [-0.1, -0.05) is 24.6 Å². The van der Waals surface area contributed by atoms with Gasteiger partial charge < -0.3 is 5.73 Å². The van der Waals surface area contributed by atoms with Gasteiger partial charge in [0.05, 0.1) is 22.1 Å². The monoisotopic (exact) mass is 400 g/mol. The molecule has 1 aliphatic rings. The molecule has 0 bridgehead atoms. The van der Waals surface area contributed by atoms with E-state index in [0.29, 0.717) is 0 Å². The minimum Gasteiger partial charge on any atom is -0.383 e. The van der Waals surface area contributed by atoms with Gasteiger partial charge >= 0.3 is 6.18 Å². The maximum Gasteiger partial charge on any atom is 0.395 e. The first kappa shape index (κ1) is 19.1. The van der Waals surface area contributed by atoms with E-state index in [1.807, 2.05) is 0 Å². The molecule has 2 rings (SSSR count). The summed E-state index contributed by atoms with van der Waals surface area (Å²) in [7, 11) is -1.56. The third-order valence-electron chi connectivity index (χ3n) is 3.65. The van der Waals surface area contributed by atoms with Gasteiger partial charge in [-0.25, -0.2) is 4.68 Å². The van der Waals surface area contributed by atoms with E-state index in [4.69, 9.17) is 34.2 Å². The summed E-state index contributed by atoms with van der Waals surface area (Å²) in [6.07, 6.45) is -3.99. The second-order valence-corrected chi connectivity index (χ2v) is 7.82. The van der Waals surface area contributed by atoms with Crippen LogP contribution in [-0.2, 0) is 10.8 Å². The minimum absolute atomic E-state index is 0.0475. The SMILES string of the molecule is CCS(=O)c1c(C#N)nn(C2C(Cl)=CC(C(F)(F)F)CC2Cl)c1N. The number of hydrogen-bond donors (Lipinski definition) is 1. The fourth-order valence-corrected chi connectivity index (χ4v) is 4.30. The van der Waals surface area contributed by atoms with Crippen molar-refractivity contribution in [3.63, 3.8) is 0 Å². The van der Waals surface area contributed by atoms with Crippen molar-refractivity contribution in [2.45, 2.75) is 35.8 Å². The Morgan fingerprint density at radius 2 is 2.21 bits per heavy atom. The van der Waals surface area contributed by atoms with Crippen LogP contribution in [0.15, 0.2) is 16.0 Å². The molecule has 132 valence electrons. The maximum absolute atomic E-state index is 12.9. The third kappa shape index (κ3) is 3.41. The van der Waals surface area contributed by atoms with E-state index in [2.05, 4.69) is 5.10 Å². The zero-order valence-electron chi connectivity index (χ0n) is 12.3. The fraction of sp³-hybridized carbons (Fsp3) is 0.538. The van der Waals surface area contributed by atoms with Crippen LogP contribution in [-0.4, -0.2) is 31.3 Å². The largest absolute Gasteiger partial charge is 0.395 e. The van der Waals surface area contributed by atoms with Crippen LogP contribution < -0.4 is 5.73 Å². The van der Waals surface area contributed by atoms with Crippen LogP contribution in [0.2, 0.25) is 0 Å². The van der Waals surface area contributed by atoms with Crippen LogP contribution in [0.5, 0.6) is 0 Å². The fourth-order valence-electron chi connectivity index (χ4n) is 2.49. The lowest BCUT2D eigenvalue weighted by Gasteiger charge is -2.31. The van der Waals surface area contributed by atoms with Crippen molar-refractivity contribution in [1.29, 1.82) is 5.26 Å². The van der Waals surface area contributed by atoms with Crippen LogP contribution in [0.1, 0.15) is 25.1 Å². The number of nitrogens with two attached hydrogens (primary N) is 1. The van der Waals surface area contributed by atoms with Gasteiger partial charge in [0, 0.05) is 10.8 Å². The van der Waals surface area contributed by atoms with Crippen molar-refractivity contribution in [1.82, 2.24) is 9.78 Å². The highest BCUT2D eigenvalue weighted by Crippen LogP contribution is 2.44. The van der Waals surface area contributed by atoms with Crippen molar-refractivity contribution in [2.24, 2.45) is 5.92 Å². The molecule has 0 radical (unpaired) electrons. The minimum atomic E-state index is -4.46. The average molecular weight is 401 g/mol. The smallest absolute Gasteiger partial charge is 0.383 e. The van der Waals surface area contributed by atoms with E-state index < -0.39 is 40.7 Å². The van der Waals surface area contributed by atoms with Crippen LogP contribution >= 0.6 is 23.2 Å². The van der Waals surface area contributed by atoms with Crippen molar-refractivity contribution >= 4 is 39.8 Å². The molecule has 2 N–H and O–H groups in total. The summed E-state index contributed by atoms with van der Waals surface area (Å²) in [5.74, 6) is -1.64. The summed E-state index contributed by atoms with van der Waals surface area (Å²) in [5, 5.41) is 11.9. The highest BCUT2D eigenvalue weighted by Gasteiger charge is 2.45. The van der Waals surface area contributed by atoms with E-state index in [-0.39, 0.29) is 27.2 Å². The Labute approximate surface area is 148 Å². The first-order chi connectivity index (χ1) is 11.1. The normalized spacial score (nSPS) is 25.9. The highest BCUT2D eigenvalue weighted by molar-refractivity contribution is 7.85. The number of aromatic nitrogens is 2. The molecule has 1 aromatic heterocycles. The van der Waals surface area contributed by atoms with Crippen molar-refractivity contribution in [3.05, 3.63) is 16.8 Å². The second kappa shape index (κ2) is 6.94. The summed E-state index contributed by atoms with van der Waals surface area (Å²) >= 11 is 12.1. The van der Waals surface area contributed by atoms with Gasteiger partial charge in [0.25, 0.3) is 0 Å². The number of nitriles is 1. The van der Waals surface area contributed by atoms with E-state index in [1.54, 1.807) is 13.0 Å². The Bertz CT molecular complexity index is 741. The molecular weight excluding hydrogens is 388 g/mol. The van der Waals surface area contributed by atoms with Crippen molar-refractivity contribution < 1.29 is 17.4 Å². The molecule has 0 saturated heterocycles. The standard InChI is InChI=1S/C13H13Cl2F3N4OS/c1-2-24(23)11-9(5-19)21-22(12(11)20)10-7(14)3-6(4-8(10)15)13(16,17)18/h3,6,8,10H,2,4,20H2,1H3. The lowest BCUT2D eigenvalue weighted by Crippen LogP contribution is -2.34. The van der Waals surface area contributed by atoms with Crippen molar-refractivity contribution in [2.75, 3.05) is 11.5 Å². The molecule has 0 amide bonds. The van der Waals surface area contributed by atoms with Crippen LogP contribution in [0, 0.1) is 17.2 Å². The number of halogens is 5. The molecular formula is C13H13Cl2F3N4OS. The molecule has 0 aromatic carbocycles. The molecule has 24 heavy (non-hydrogen) atoms. The molecule has 0 spiro atoms. The third-order valence-corrected chi connectivity index (χ3v) is 5.80. The molecule has 1 heterocycles. The number of allylic oxidation sites excluding steroid dienone is 2. The first-order valence-corrected chi connectivity index (χ1v) is 8.99. The molecule has 1 aromatic rings. The molecule has 4 unspecified atom stereocenters. The lowest BCUT2D eigenvalue weighted by molar-refractivity contribution is -0.164. The first-order valence-electron chi connectivity index (χ1n) is 6.86. The van der Waals surface area contributed by atoms with Gasteiger partial charge in [0.2, 0.25) is 0 Å². The van der Waals surface area contributed by atoms with Gasteiger partial charge in [0.15, 0.2) is 5.69 Å². The Kier molecular flexibility index (Phi) is 5.52. The summed E-state index contributed by atoms with van der Waals surface area (Å²) in [6, 6.07) is 0.826. The number of anilines is 1. The molecule has 5 nitrogen and oxygen atoms in total. The molecule has 0 aliphatic heterocycles. The van der Waals surface area contributed by atoms with E-state index >= 15 is 0 Å². The topological polar surface area (TPSA) is 84.7 Å². The number of alkyl halides is 4. The van der Waals surface area contributed by atoms with E-state index in [1.165, 1.54) is 0 Å². The zero-order valence-corrected chi connectivity index (χ0v) is 14.7. The summed E-state index contributed by atoms with van der Waals surface area (Å²) in [4.78, 5) is 0.0475. The van der Waals surface area contributed by atoms with Crippen LogP contribution in [0.4, 0.5) is 19.0 Å². The zero-order chi connectivity index (χ0) is 18.2. The predicted molar refractivity (Wildman–Crippen MR) is 85.1 cm³/mol. The number of nitrogens with zero attached hydrogens (tertiary/aromatic N) is 3. The number of hydrogen-bond acceptors (Lipinski definition) is 4. The highest BCUT2D eigenvalue weighted by atomic mass is 35.5. The average Bonchev–Trinajstić information content (AvgIpc) is 2.81. The van der Waals surface area contributed by atoms with Crippen LogP contribution in [0.25, 0.3) is 0 Å². The lowest BCUT2D eigenvalue weighted by atomic mass is 9.91. The molecule has 0 saturated carbocycles. The Morgan fingerprint density at radius 1 is 1.58 bits per heavy atom. The summed E-state index contributed by atoms with van der Waals surface area (Å²) in [6.45, 7) is 1.64. The Hall–Kier alpha value is -1.24. The molecule has 11 heteroatoms. The van der Waals surface area contributed by atoms with Gasteiger partial charge in [-0.2, -0.15) is 23.5 Å². The molecule has 0 fully saturated rings. The summed E-state index contributed by atoms with van der Waals surface area (Å²) < 4.78 is 51.8.